The van der Waals surface area contributed by atoms with Crippen molar-refractivity contribution >= 4 is 26.6 Å². The number of nitriles is 1. The topological polar surface area (TPSA) is 66.1 Å². The van der Waals surface area contributed by atoms with Gasteiger partial charge in [-0.05, 0) is 56.0 Å². The Morgan fingerprint density at radius 2 is 1.78 bits per heavy atom. The Kier molecular flexibility index (Phi) is 4.40. The molecule has 1 fully saturated rings. The minimum absolute atomic E-state index is 0.229. The van der Waals surface area contributed by atoms with Crippen molar-refractivity contribution in [1.29, 1.82) is 5.26 Å². The summed E-state index contributed by atoms with van der Waals surface area (Å²) in [5, 5.41) is 10.4. The number of benzene rings is 2. The highest BCUT2D eigenvalue weighted by molar-refractivity contribution is 7.90. The summed E-state index contributed by atoms with van der Waals surface area (Å²) in [5.74, 6) is 0. The van der Waals surface area contributed by atoms with Gasteiger partial charge in [0, 0.05) is 30.4 Å². The van der Waals surface area contributed by atoms with Gasteiger partial charge in [0.2, 0.25) is 0 Å². The normalized spacial score (nSPS) is 15.0. The minimum Gasteiger partial charge on any atom is -0.371 e. The largest absolute Gasteiger partial charge is 0.371 e. The maximum absolute atomic E-state index is 13.3. The van der Waals surface area contributed by atoms with Crippen LogP contribution in [0, 0.1) is 18.3 Å². The molecule has 4 rings (SSSR count). The summed E-state index contributed by atoms with van der Waals surface area (Å²) in [7, 11) is -3.78. The number of hydrogen-bond acceptors (Lipinski definition) is 4. The fourth-order valence-electron chi connectivity index (χ4n) is 3.81. The van der Waals surface area contributed by atoms with Gasteiger partial charge in [0.25, 0.3) is 10.0 Å². The lowest BCUT2D eigenvalue weighted by Gasteiger charge is -2.29. The maximum Gasteiger partial charge on any atom is 0.268 e. The third-order valence-corrected chi connectivity index (χ3v) is 6.81. The van der Waals surface area contributed by atoms with Gasteiger partial charge in [-0.15, -0.1) is 0 Å². The molecule has 27 heavy (non-hydrogen) atoms. The molecule has 0 spiro atoms. The monoisotopic (exact) mass is 379 g/mol. The SMILES string of the molecule is Cc1cccc(S(=O)(=O)n2cc(C#N)c3c(N4CCCCC4)cccc32)c1. The van der Waals surface area contributed by atoms with E-state index in [0.29, 0.717) is 11.1 Å². The van der Waals surface area contributed by atoms with Gasteiger partial charge in [0.05, 0.1) is 16.0 Å². The first-order chi connectivity index (χ1) is 13.0. The molecule has 0 aliphatic carbocycles. The van der Waals surface area contributed by atoms with Gasteiger partial charge < -0.3 is 4.90 Å². The molecule has 1 aliphatic heterocycles. The highest BCUT2D eigenvalue weighted by Crippen LogP contribution is 2.34. The van der Waals surface area contributed by atoms with Crippen molar-refractivity contribution in [3.63, 3.8) is 0 Å². The number of nitrogens with zero attached hydrogens (tertiary/aromatic N) is 3. The molecule has 2 heterocycles. The first-order valence-corrected chi connectivity index (χ1v) is 10.6. The second kappa shape index (κ2) is 6.75. The molecular weight excluding hydrogens is 358 g/mol. The Morgan fingerprint density at radius 1 is 1.04 bits per heavy atom. The third kappa shape index (κ3) is 2.98. The molecule has 6 heteroatoms. The number of piperidine rings is 1. The molecule has 1 aromatic heterocycles. The van der Waals surface area contributed by atoms with E-state index in [2.05, 4.69) is 11.0 Å². The van der Waals surface area contributed by atoms with Crippen molar-refractivity contribution in [1.82, 2.24) is 3.97 Å². The van der Waals surface area contributed by atoms with E-state index in [1.54, 1.807) is 24.3 Å². The fraction of sp³-hybridized carbons (Fsp3) is 0.286. The van der Waals surface area contributed by atoms with Crippen molar-refractivity contribution in [2.24, 2.45) is 0 Å². The first-order valence-electron chi connectivity index (χ1n) is 9.14. The minimum atomic E-state index is -3.78. The fourth-order valence-corrected chi connectivity index (χ4v) is 5.28. The summed E-state index contributed by atoms with van der Waals surface area (Å²) in [6.07, 6.45) is 4.89. The zero-order valence-electron chi connectivity index (χ0n) is 15.2. The molecule has 0 unspecified atom stereocenters. The molecule has 1 aliphatic rings. The molecule has 138 valence electrons. The zero-order valence-corrected chi connectivity index (χ0v) is 16.0. The summed E-state index contributed by atoms with van der Waals surface area (Å²) in [6.45, 7) is 3.72. The predicted molar refractivity (Wildman–Crippen MR) is 106 cm³/mol. The van der Waals surface area contributed by atoms with E-state index in [0.717, 1.165) is 42.6 Å². The van der Waals surface area contributed by atoms with E-state index in [1.807, 2.05) is 25.1 Å². The second-order valence-electron chi connectivity index (χ2n) is 6.99. The third-order valence-electron chi connectivity index (χ3n) is 5.14. The summed E-state index contributed by atoms with van der Waals surface area (Å²) in [5.41, 5.74) is 2.77. The standard InChI is InChI=1S/C21H21N3O2S/c1-16-7-5-8-18(13-16)27(25,26)24-15-17(14-22)21-19(9-6-10-20(21)24)23-11-3-2-4-12-23/h5-10,13,15H,2-4,11-12H2,1H3. The van der Waals surface area contributed by atoms with Gasteiger partial charge in [0.1, 0.15) is 6.07 Å². The van der Waals surface area contributed by atoms with E-state index in [1.165, 1.54) is 16.6 Å². The molecule has 0 saturated carbocycles. The van der Waals surface area contributed by atoms with Crippen molar-refractivity contribution in [3.8, 4) is 6.07 Å². The zero-order chi connectivity index (χ0) is 19.0. The molecule has 1 saturated heterocycles. The quantitative estimate of drug-likeness (QED) is 0.689. The summed E-state index contributed by atoms with van der Waals surface area (Å²) >= 11 is 0. The van der Waals surface area contributed by atoms with Crippen LogP contribution in [0.2, 0.25) is 0 Å². The highest BCUT2D eigenvalue weighted by Gasteiger charge is 2.24. The van der Waals surface area contributed by atoms with Crippen molar-refractivity contribution in [3.05, 3.63) is 59.8 Å². The molecule has 2 aromatic carbocycles. The Labute approximate surface area is 159 Å². The van der Waals surface area contributed by atoms with Gasteiger partial charge in [-0.3, -0.25) is 0 Å². The van der Waals surface area contributed by atoms with Crippen LogP contribution in [0.1, 0.15) is 30.4 Å². The summed E-state index contributed by atoms with van der Waals surface area (Å²) in [4.78, 5) is 2.49. The van der Waals surface area contributed by atoms with Crippen molar-refractivity contribution in [2.75, 3.05) is 18.0 Å². The Bertz CT molecular complexity index is 1150. The Hall–Kier alpha value is -2.78. The summed E-state index contributed by atoms with van der Waals surface area (Å²) in [6, 6.07) is 14.7. The number of hydrogen-bond donors (Lipinski definition) is 0. The molecule has 0 N–H and O–H groups in total. The number of aryl methyl sites for hydroxylation is 1. The van der Waals surface area contributed by atoms with Crippen LogP contribution in [0.3, 0.4) is 0 Å². The molecular formula is C21H21N3O2S. The van der Waals surface area contributed by atoms with Gasteiger partial charge >= 0.3 is 0 Å². The molecule has 3 aromatic rings. The van der Waals surface area contributed by atoms with E-state index < -0.39 is 10.0 Å². The number of anilines is 1. The molecule has 0 atom stereocenters. The van der Waals surface area contributed by atoms with Crippen LogP contribution in [0.5, 0.6) is 0 Å². The highest BCUT2D eigenvalue weighted by atomic mass is 32.2. The molecule has 0 bridgehead atoms. The second-order valence-corrected chi connectivity index (χ2v) is 8.81. The van der Waals surface area contributed by atoms with Gasteiger partial charge in [-0.25, -0.2) is 12.4 Å². The van der Waals surface area contributed by atoms with Crippen molar-refractivity contribution < 1.29 is 8.42 Å². The number of aromatic nitrogens is 1. The summed E-state index contributed by atoms with van der Waals surface area (Å²) < 4.78 is 27.8. The average Bonchev–Trinajstić information content (AvgIpc) is 3.08. The van der Waals surface area contributed by atoms with Crippen LogP contribution < -0.4 is 4.90 Å². The van der Waals surface area contributed by atoms with Crippen LogP contribution in [0.25, 0.3) is 10.9 Å². The van der Waals surface area contributed by atoms with E-state index in [9.17, 15) is 13.7 Å². The van der Waals surface area contributed by atoms with Crippen LogP contribution in [0.15, 0.2) is 53.6 Å². The average molecular weight is 379 g/mol. The van der Waals surface area contributed by atoms with Gasteiger partial charge in [0.15, 0.2) is 0 Å². The van der Waals surface area contributed by atoms with Crippen LogP contribution in [-0.4, -0.2) is 25.5 Å². The lowest BCUT2D eigenvalue weighted by atomic mass is 10.1. The first kappa shape index (κ1) is 17.6. The molecule has 0 amide bonds. The van der Waals surface area contributed by atoms with Crippen LogP contribution >= 0.6 is 0 Å². The van der Waals surface area contributed by atoms with E-state index in [4.69, 9.17) is 0 Å². The van der Waals surface area contributed by atoms with Gasteiger partial charge in [-0.1, -0.05) is 18.2 Å². The number of rotatable bonds is 3. The number of fused-ring (bicyclic) bond motifs is 1. The van der Waals surface area contributed by atoms with E-state index >= 15 is 0 Å². The smallest absolute Gasteiger partial charge is 0.268 e. The Balaban J connectivity index is 1.94. The maximum atomic E-state index is 13.3. The predicted octanol–water partition coefficient (Wildman–Crippen LogP) is 4.05. The van der Waals surface area contributed by atoms with E-state index in [-0.39, 0.29) is 4.90 Å². The lowest BCUT2D eigenvalue weighted by Crippen LogP contribution is -2.29. The Morgan fingerprint density at radius 3 is 2.48 bits per heavy atom. The van der Waals surface area contributed by atoms with Crippen molar-refractivity contribution in [2.45, 2.75) is 31.1 Å². The molecule has 5 nitrogen and oxygen atoms in total. The molecule has 0 radical (unpaired) electrons. The van der Waals surface area contributed by atoms with Crippen LogP contribution in [0.4, 0.5) is 5.69 Å². The van der Waals surface area contributed by atoms with Crippen LogP contribution in [-0.2, 0) is 10.0 Å². The lowest BCUT2D eigenvalue weighted by molar-refractivity contribution is 0.579. The van der Waals surface area contributed by atoms with Gasteiger partial charge in [-0.2, -0.15) is 5.26 Å².